The summed E-state index contributed by atoms with van der Waals surface area (Å²) in [6.07, 6.45) is 2.57. The van der Waals surface area contributed by atoms with Gasteiger partial charge in [0, 0.05) is 55.3 Å². The van der Waals surface area contributed by atoms with Crippen LogP contribution >= 0.6 is 0 Å². The van der Waals surface area contributed by atoms with E-state index in [1.54, 1.807) is 4.90 Å². The van der Waals surface area contributed by atoms with Crippen LogP contribution in [-0.2, 0) is 11.2 Å². The van der Waals surface area contributed by atoms with Crippen molar-refractivity contribution in [3.05, 3.63) is 22.9 Å². The second-order valence-electron chi connectivity index (χ2n) is 10.4. The van der Waals surface area contributed by atoms with Crippen LogP contribution in [0.15, 0.2) is 12.1 Å². The van der Waals surface area contributed by atoms with Crippen molar-refractivity contribution in [3.63, 3.8) is 0 Å². The number of nitrogens with one attached hydrogen (secondary N) is 1. The van der Waals surface area contributed by atoms with Gasteiger partial charge in [-0.1, -0.05) is 0 Å². The Balaban J connectivity index is 1.39. The Kier molecular flexibility index (Phi) is 4.64. The lowest BCUT2D eigenvalue weighted by Gasteiger charge is -2.54. The molecular weight excluding hydrogens is 370 g/mol. The molecule has 1 aromatic rings. The molecule has 160 valence electrons. The average Bonchev–Trinajstić information content (AvgIpc) is 2.89. The maximum Gasteiger partial charge on any atom is 0.410 e. The molecule has 7 nitrogen and oxygen atoms in total. The fourth-order valence-corrected chi connectivity index (χ4v) is 4.74. The first kappa shape index (κ1) is 20.1. The molecule has 0 aromatic heterocycles. The normalized spacial score (nSPS) is 22.0. The number of fused-ring (bicyclic) bond motifs is 1. The third kappa shape index (κ3) is 3.97. The number of carbonyl (C=O) groups excluding carboxylic acids is 1. The summed E-state index contributed by atoms with van der Waals surface area (Å²) in [6, 6.07) is 3.94. The van der Waals surface area contributed by atoms with Crippen LogP contribution in [-0.4, -0.2) is 48.4 Å². The summed E-state index contributed by atoms with van der Waals surface area (Å²) in [5.74, 6) is 0.879. The number of piperidine rings is 1. The number of hydrogen-bond acceptors (Lipinski definition) is 6. The third-order valence-electron chi connectivity index (χ3n) is 6.16. The molecule has 3 aliphatic heterocycles. The Hall–Kier alpha value is -2.15. The number of rotatable bonds is 2. The largest absolute Gasteiger partial charge is 0.761 e. The number of ether oxygens (including phenoxy) is 2. The highest BCUT2D eigenvalue weighted by Crippen LogP contribution is 2.45. The van der Waals surface area contributed by atoms with Crippen molar-refractivity contribution in [2.24, 2.45) is 5.41 Å². The summed E-state index contributed by atoms with van der Waals surface area (Å²) in [5, 5.41) is 11.6. The molecule has 7 heteroatoms. The summed E-state index contributed by atoms with van der Waals surface area (Å²) < 4.78 is 11.5. The standard InChI is InChI=1S/C22H32N3O4/c1-20(2,3)29-19(26)25-13-22(14-25)6-8-24(9-7-22)17-11-18-15(10-16(17)23-27)12-21(4,5)28-18/h10-11,23H,6-9,12-14H2,1-5H3/q-1. The van der Waals surface area contributed by atoms with Gasteiger partial charge in [-0.15, -0.1) is 0 Å². The highest BCUT2D eigenvalue weighted by Gasteiger charge is 2.48. The Labute approximate surface area is 172 Å². The fraction of sp³-hybridized carbons (Fsp3) is 0.682. The van der Waals surface area contributed by atoms with E-state index in [4.69, 9.17) is 9.47 Å². The van der Waals surface area contributed by atoms with Gasteiger partial charge < -0.3 is 30.0 Å². The van der Waals surface area contributed by atoms with Crippen LogP contribution in [0.2, 0.25) is 0 Å². The van der Waals surface area contributed by atoms with E-state index in [0.717, 1.165) is 62.4 Å². The van der Waals surface area contributed by atoms with Crippen LogP contribution in [0.4, 0.5) is 16.2 Å². The number of nitrogens with zero attached hydrogens (tertiary/aromatic N) is 2. The predicted molar refractivity (Wildman–Crippen MR) is 114 cm³/mol. The Morgan fingerprint density at radius 1 is 1.21 bits per heavy atom. The minimum atomic E-state index is -0.463. The molecular formula is C22H32N3O4-. The van der Waals surface area contributed by atoms with Crippen molar-refractivity contribution >= 4 is 17.5 Å². The van der Waals surface area contributed by atoms with Gasteiger partial charge >= 0.3 is 6.09 Å². The predicted octanol–water partition coefficient (Wildman–Crippen LogP) is 4.15. The summed E-state index contributed by atoms with van der Waals surface area (Å²) >= 11 is 0. The van der Waals surface area contributed by atoms with E-state index < -0.39 is 5.60 Å². The molecule has 0 aliphatic carbocycles. The summed E-state index contributed by atoms with van der Waals surface area (Å²) in [7, 11) is 0. The molecule has 29 heavy (non-hydrogen) atoms. The van der Waals surface area contributed by atoms with Gasteiger partial charge in [0.2, 0.25) is 0 Å². The van der Waals surface area contributed by atoms with Gasteiger partial charge in [0.1, 0.15) is 17.0 Å². The SMILES string of the molecule is CC(C)(C)OC(=O)N1CC2(CCN(c3cc4c(cc3N[O-])CC(C)(C)O4)CC2)C1. The highest BCUT2D eigenvalue weighted by molar-refractivity contribution is 5.75. The van der Waals surface area contributed by atoms with E-state index in [0.29, 0.717) is 5.69 Å². The first-order valence-corrected chi connectivity index (χ1v) is 10.5. The number of anilines is 2. The second-order valence-corrected chi connectivity index (χ2v) is 10.4. The molecule has 2 fully saturated rings. The quantitative estimate of drug-likeness (QED) is 0.749. The maximum absolute atomic E-state index is 12.2. The molecule has 3 aliphatic rings. The maximum atomic E-state index is 12.2. The van der Waals surface area contributed by atoms with Gasteiger partial charge in [-0.3, -0.25) is 0 Å². The van der Waals surface area contributed by atoms with E-state index in [1.807, 2.05) is 32.9 Å². The lowest BCUT2D eigenvalue weighted by atomic mass is 9.72. The molecule has 0 saturated carbocycles. The van der Waals surface area contributed by atoms with Gasteiger partial charge in [0.25, 0.3) is 0 Å². The van der Waals surface area contributed by atoms with Crippen LogP contribution in [0.3, 0.4) is 0 Å². The number of amides is 1. The zero-order valence-corrected chi connectivity index (χ0v) is 18.1. The molecule has 3 heterocycles. The molecule has 1 spiro atoms. The number of hydrogen-bond donors (Lipinski definition) is 1. The van der Waals surface area contributed by atoms with Gasteiger partial charge in [0.15, 0.2) is 0 Å². The molecule has 1 N–H and O–H groups in total. The second kappa shape index (κ2) is 6.69. The summed E-state index contributed by atoms with van der Waals surface area (Å²) in [6.45, 7) is 13.0. The van der Waals surface area contributed by atoms with Crippen molar-refractivity contribution in [3.8, 4) is 5.75 Å². The van der Waals surface area contributed by atoms with E-state index in [9.17, 15) is 10.0 Å². The molecule has 0 unspecified atom stereocenters. The monoisotopic (exact) mass is 402 g/mol. The van der Waals surface area contributed by atoms with Gasteiger partial charge in [0.05, 0.1) is 5.69 Å². The first-order chi connectivity index (χ1) is 13.5. The molecule has 1 amide bonds. The van der Waals surface area contributed by atoms with E-state index in [1.165, 1.54) is 0 Å². The molecule has 0 atom stereocenters. The zero-order valence-electron chi connectivity index (χ0n) is 18.1. The average molecular weight is 403 g/mol. The van der Waals surface area contributed by atoms with E-state index >= 15 is 0 Å². The van der Waals surface area contributed by atoms with Crippen LogP contribution in [0.25, 0.3) is 0 Å². The van der Waals surface area contributed by atoms with Crippen molar-refractivity contribution in [2.45, 2.75) is 65.1 Å². The minimum absolute atomic E-state index is 0.174. The van der Waals surface area contributed by atoms with Crippen molar-refractivity contribution < 1.29 is 14.3 Å². The summed E-state index contributed by atoms with van der Waals surface area (Å²) in [4.78, 5) is 16.3. The smallest absolute Gasteiger partial charge is 0.410 e. The lowest BCUT2D eigenvalue weighted by Crippen LogP contribution is -2.62. The van der Waals surface area contributed by atoms with E-state index in [2.05, 4.69) is 24.2 Å². The minimum Gasteiger partial charge on any atom is -0.761 e. The van der Waals surface area contributed by atoms with Gasteiger partial charge in [-0.05, 0) is 53.5 Å². The number of carbonyl (C=O) groups is 1. The topological polar surface area (TPSA) is 77.1 Å². The molecule has 0 radical (unpaired) electrons. The molecule has 4 rings (SSSR count). The van der Waals surface area contributed by atoms with Gasteiger partial charge in [-0.2, -0.15) is 0 Å². The Bertz CT molecular complexity index is 799. The molecule has 0 bridgehead atoms. The van der Waals surface area contributed by atoms with Crippen LogP contribution in [0.1, 0.15) is 53.0 Å². The molecule has 2 saturated heterocycles. The van der Waals surface area contributed by atoms with Crippen LogP contribution in [0, 0.1) is 10.6 Å². The van der Waals surface area contributed by atoms with Crippen molar-refractivity contribution in [2.75, 3.05) is 36.6 Å². The van der Waals surface area contributed by atoms with Crippen molar-refractivity contribution in [1.29, 1.82) is 0 Å². The Morgan fingerprint density at radius 3 is 2.45 bits per heavy atom. The lowest BCUT2D eigenvalue weighted by molar-refractivity contribution is -0.0434. The molecule has 1 aromatic carbocycles. The third-order valence-corrected chi connectivity index (χ3v) is 6.16. The zero-order chi connectivity index (χ0) is 21.0. The Morgan fingerprint density at radius 2 is 1.86 bits per heavy atom. The van der Waals surface area contributed by atoms with E-state index in [-0.39, 0.29) is 17.1 Å². The fourth-order valence-electron chi connectivity index (χ4n) is 4.74. The number of likely N-dealkylation sites (tertiary alicyclic amines) is 1. The summed E-state index contributed by atoms with van der Waals surface area (Å²) in [5.41, 5.74) is 4.21. The van der Waals surface area contributed by atoms with Crippen LogP contribution in [0.5, 0.6) is 5.75 Å². The highest BCUT2D eigenvalue weighted by atomic mass is 16.6. The van der Waals surface area contributed by atoms with Gasteiger partial charge in [-0.25, -0.2) is 4.79 Å². The number of benzene rings is 1. The van der Waals surface area contributed by atoms with Crippen molar-refractivity contribution in [1.82, 2.24) is 4.90 Å². The van der Waals surface area contributed by atoms with Crippen LogP contribution < -0.4 is 15.1 Å². The first-order valence-electron chi connectivity index (χ1n) is 10.5.